The molecule has 0 saturated carbocycles. The Balaban J connectivity index is 0.000000288. The molecule has 1 nitrogen and oxygen atoms in total. The lowest BCUT2D eigenvalue weighted by molar-refractivity contribution is 0.611. The molecule has 1 rings (SSSR count). The van der Waals surface area contributed by atoms with E-state index in [9.17, 15) is 0 Å². The standard InChI is InChI=1S/C8H19N.C7H8/c1-3-5-7-9-8-6-4-2;1-7-5-3-2-4-6-7/h9H,3-8H2,1-2H3;2-6H,1H3. The van der Waals surface area contributed by atoms with E-state index in [1.807, 2.05) is 18.2 Å². The first-order valence-corrected chi connectivity index (χ1v) is 6.53. The van der Waals surface area contributed by atoms with Gasteiger partial charge in [0.15, 0.2) is 0 Å². The Labute approximate surface area is 101 Å². The van der Waals surface area contributed by atoms with Gasteiger partial charge in [0.2, 0.25) is 0 Å². The van der Waals surface area contributed by atoms with Crippen LogP contribution in [0.25, 0.3) is 0 Å². The Hall–Kier alpha value is -0.820. The number of unbranched alkanes of at least 4 members (excludes halogenated alkanes) is 2. The van der Waals surface area contributed by atoms with Gasteiger partial charge < -0.3 is 5.32 Å². The van der Waals surface area contributed by atoms with Gasteiger partial charge in [0.05, 0.1) is 0 Å². The van der Waals surface area contributed by atoms with Crippen molar-refractivity contribution in [1.82, 2.24) is 5.32 Å². The summed E-state index contributed by atoms with van der Waals surface area (Å²) in [5.74, 6) is 0. The van der Waals surface area contributed by atoms with E-state index < -0.39 is 0 Å². The third-order valence-electron chi connectivity index (χ3n) is 2.35. The molecule has 0 aliphatic heterocycles. The normalized spacial score (nSPS) is 9.44. The van der Waals surface area contributed by atoms with E-state index in [0.29, 0.717) is 0 Å². The van der Waals surface area contributed by atoms with E-state index in [4.69, 9.17) is 0 Å². The van der Waals surface area contributed by atoms with Gasteiger partial charge in [-0.05, 0) is 32.9 Å². The van der Waals surface area contributed by atoms with Gasteiger partial charge >= 0.3 is 0 Å². The summed E-state index contributed by atoms with van der Waals surface area (Å²) in [4.78, 5) is 0. The summed E-state index contributed by atoms with van der Waals surface area (Å²) in [6.45, 7) is 8.94. The van der Waals surface area contributed by atoms with Crippen LogP contribution in [0.15, 0.2) is 30.3 Å². The van der Waals surface area contributed by atoms with Gasteiger partial charge in [0.25, 0.3) is 0 Å². The van der Waals surface area contributed by atoms with Crippen molar-refractivity contribution in [3.63, 3.8) is 0 Å². The van der Waals surface area contributed by atoms with Crippen LogP contribution in [0.5, 0.6) is 0 Å². The van der Waals surface area contributed by atoms with Crippen LogP contribution in [-0.2, 0) is 0 Å². The maximum atomic E-state index is 3.39. The minimum absolute atomic E-state index is 1.20. The number of nitrogens with one attached hydrogen (secondary N) is 1. The fraction of sp³-hybridized carbons (Fsp3) is 0.600. The summed E-state index contributed by atoms with van der Waals surface area (Å²) in [6.07, 6.45) is 5.26. The lowest BCUT2D eigenvalue weighted by atomic mass is 10.2. The van der Waals surface area contributed by atoms with Crippen LogP contribution in [0.3, 0.4) is 0 Å². The van der Waals surface area contributed by atoms with E-state index in [1.165, 1.54) is 44.3 Å². The average Bonchev–Trinajstić information content (AvgIpc) is 2.31. The van der Waals surface area contributed by atoms with Gasteiger partial charge in [-0.3, -0.25) is 0 Å². The van der Waals surface area contributed by atoms with Gasteiger partial charge in [-0.25, -0.2) is 0 Å². The van der Waals surface area contributed by atoms with Crippen molar-refractivity contribution in [2.24, 2.45) is 0 Å². The number of benzene rings is 1. The number of hydrogen-bond acceptors (Lipinski definition) is 1. The lowest BCUT2D eigenvalue weighted by Crippen LogP contribution is -2.15. The van der Waals surface area contributed by atoms with E-state index in [-0.39, 0.29) is 0 Å². The molecule has 0 unspecified atom stereocenters. The summed E-state index contributed by atoms with van der Waals surface area (Å²) in [6, 6.07) is 10.3. The third-order valence-corrected chi connectivity index (χ3v) is 2.35. The van der Waals surface area contributed by atoms with Crippen LogP contribution in [0.2, 0.25) is 0 Å². The van der Waals surface area contributed by atoms with Crippen molar-refractivity contribution < 1.29 is 0 Å². The molecular formula is C15H27N. The second-order valence-electron chi connectivity index (χ2n) is 4.11. The molecule has 1 aromatic rings. The zero-order valence-electron chi connectivity index (χ0n) is 11.1. The van der Waals surface area contributed by atoms with Crippen molar-refractivity contribution in [2.75, 3.05) is 13.1 Å². The minimum atomic E-state index is 1.20. The maximum Gasteiger partial charge on any atom is -0.00490 e. The number of aryl methyl sites for hydroxylation is 1. The highest BCUT2D eigenvalue weighted by Crippen LogP contribution is 1.92. The minimum Gasteiger partial charge on any atom is -0.317 e. The summed E-state index contributed by atoms with van der Waals surface area (Å²) in [5.41, 5.74) is 1.32. The molecule has 0 saturated heterocycles. The average molecular weight is 221 g/mol. The third kappa shape index (κ3) is 11.3. The van der Waals surface area contributed by atoms with Crippen LogP contribution in [0.4, 0.5) is 0 Å². The first-order chi connectivity index (χ1) is 7.81. The van der Waals surface area contributed by atoms with Crippen molar-refractivity contribution in [3.8, 4) is 0 Å². The second kappa shape index (κ2) is 12.3. The number of hydrogen-bond donors (Lipinski definition) is 1. The molecule has 0 aromatic heterocycles. The highest BCUT2D eigenvalue weighted by atomic mass is 14.8. The molecular weight excluding hydrogens is 194 g/mol. The van der Waals surface area contributed by atoms with Gasteiger partial charge in [-0.15, -0.1) is 0 Å². The summed E-state index contributed by atoms with van der Waals surface area (Å²) in [5, 5.41) is 3.39. The molecule has 0 atom stereocenters. The molecule has 0 fully saturated rings. The smallest absolute Gasteiger partial charge is 0.00490 e. The summed E-state index contributed by atoms with van der Waals surface area (Å²) in [7, 11) is 0. The van der Waals surface area contributed by atoms with Gasteiger partial charge in [0, 0.05) is 0 Å². The molecule has 1 N–H and O–H groups in total. The summed E-state index contributed by atoms with van der Waals surface area (Å²) < 4.78 is 0. The molecule has 1 heteroatoms. The van der Waals surface area contributed by atoms with Crippen molar-refractivity contribution in [2.45, 2.75) is 46.5 Å². The van der Waals surface area contributed by atoms with Crippen molar-refractivity contribution in [3.05, 3.63) is 35.9 Å². The fourth-order valence-electron chi connectivity index (χ4n) is 1.26. The van der Waals surface area contributed by atoms with Gasteiger partial charge in [-0.2, -0.15) is 0 Å². The SMILES string of the molecule is CCCCNCCCC.Cc1ccccc1. The second-order valence-corrected chi connectivity index (χ2v) is 4.11. The monoisotopic (exact) mass is 221 g/mol. The highest BCUT2D eigenvalue weighted by Gasteiger charge is 1.83. The molecule has 0 amide bonds. The number of rotatable bonds is 6. The molecule has 16 heavy (non-hydrogen) atoms. The van der Waals surface area contributed by atoms with Crippen LogP contribution in [0, 0.1) is 6.92 Å². The predicted molar refractivity (Wildman–Crippen MR) is 73.9 cm³/mol. The van der Waals surface area contributed by atoms with Crippen LogP contribution in [-0.4, -0.2) is 13.1 Å². The van der Waals surface area contributed by atoms with Gasteiger partial charge in [-0.1, -0.05) is 62.6 Å². The Morgan fingerprint density at radius 3 is 1.69 bits per heavy atom. The molecule has 0 aliphatic carbocycles. The zero-order valence-corrected chi connectivity index (χ0v) is 11.1. The quantitative estimate of drug-likeness (QED) is 0.711. The van der Waals surface area contributed by atoms with Gasteiger partial charge in [0.1, 0.15) is 0 Å². The van der Waals surface area contributed by atoms with Crippen LogP contribution < -0.4 is 5.32 Å². The fourth-order valence-corrected chi connectivity index (χ4v) is 1.26. The van der Waals surface area contributed by atoms with Crippen molar-refractivity contribution >= 4 is 0 Å². The predicted octanol–water partition coefficient (Wildman–Crippen LogP) is 4.17. The first-order valence-electron chi connectivity index (χ1n) is 6.53. The molecule has 0 radical (unpaired) electrons. The van der Waals surface area contributed by atoms with E-state index >= 15 is 0 Å². The zero-order chi connectivity index (χ0) is 12.1. The topological polar surface area (TPSA) is 12.0 Å². The molecule has 0 spiro atoms. The molecule has 0 heterocycles. The molecule has 92 valence electrons. The highest BCUT2D eigenvalue weighted by molar-refractivity contribution is 5.11. The Kier molecular flexibility index (Phi) is 11.6. The maximum absolute atomic E-state index is 3.39. The molecule has 0 aliphatic rings. The molecule has 0 bridgehead atoms. The Bertz CT molecular complexity index is 212. The van der Waals surface area contributed by atoms with Crippen LogP contribution in [0.1, 0.15) is 45.1 Å². The van der Waals surface area contributed by atoms with E-state index in [1.54, 1.807) is 0 Å². The Morgan fingerprint density at radius 1 is 0.875 bits per heavy atom. The first kappa shape index (κ1) is 15.2. The summed E-state index contributed by atoms with van der Waals surface area (Å²) >= 11 is 0. The van der Waals surface area contributed by atoms with Crippen LogP contribution >= 0.6 is 0 Å². The largest absolute Gasteiger partial charge is 0.317 e. The van der Waals surface area contributed by atoms with E-state index in [2.05, 4.69) is 38.2 Å². The Morgan fingerprint density at radius 2 is 1.38 bits per heavy atom. The molecule has 1 aromatic carbocycles. The van der Waals surface area contributed by atoms with Crippen molar-refractivity contribution in [1.29, 1.82) is 0 Å². The van der Waals surface area contributed by atoms with E-state index in [0.717, 1.165) is 0 Å². The lowest BCUT2D eigenvalue weighted by Gasteiger charge is -1.99.